The fourth-order valence-corrected chi connectivity index (χ4v) is 3.23. The molecule has 2 rings (SSSR count). The van der Waals surface area contributed by atoms with Gasteiger partial charge in [0.25, 0.3) is 11.8 Å². The first-order chi connectivity index (χ1) is 14.2. The third-order valence-electron chi connectivity index (χ3n) is 4.53. The number of aromatic nitrogens is 1. The number of likely N-dealkylation sites (N-methyl/N-ethyl adjacent to an activating group) is 1. The molecule has 0 bridgehead atoms. The van der Waals surface area contributed by atoms with Crippen molar-refractivity contribution in [3.8, 4) is 0 Å². The van der Waals surface area contributed by atoms with Crippen molar-refractivity contribution in [1.29, 1.82) is 0 Å². The molecule has 1 aromatic rings. The second-order valence-electron chi connectivity index (χ2n) is 6.72. The van der Waals surface area contributed by atoms with Gasteiger partial charge < -0.3 is 20.7 Å². The Morgan fingerprint density at radius 2 is 2.07 bits per heavy atom. The maximum absolute atomic E-state index is 12.9. The molecule has 0 aliphatic carbocycles. The molecule has 1 saturated heterocycles. The SMILES string of the molecule is CNC(=O)C(=O)[C@H](C[C@@H]1C[C@@H](C)NC1=O)NC(=O)c1cc(Cl)ncc1NC(=O)OC. The fourth-order valence-electron chi connectivity index (χ4n) is 3.07. The number of hydrogen-bond donors (Lipinski definition) is 4. The molecule has 12 heteroatoms. The fraction of sp³-hybridized carbons (Fsp3) is 0.444. The molecule has 162 valence electrons. The molecule has 11 nitrogen and oxygen atoms in total. The molecule has 4 amide bonds. The van der Waals surface area contributed by atoms with Crippen molar-refractivity contribution in [2.45, 2.75) is 31.8 Å². The van der Waals surface area contributed by atoms with Gasteiger partial charge in [0.15, 0.2) is 0 Å². The number of nitrogens with one attached hydrogen (secondary N) is 4. The number of rotatable bonds is 7. The number of pyridine rings is 1. The summed E-state index contributed by atoms with van der Waals surface area (Å²) in [5.74, 6) is -3.41. The van der Waals surface area contributed by atoms with Gasteiger partial charge in [0, 0.05) is 19.0 Å². The van der Waals surface area contributed by atoms with Gasteiger partial charge in [0.1, 0.15) is 5.15 Å². The number of ketones is 1. The van der Waals surface area contributed by atoms with E-state index >= 15 is 0 Å². The number of hydrogen-bond acceptors (Lipinski definition) is 7. The zero-order chi connectivity index (χ0) is 22.4. The average molecular weight is 440 g/mol. The Morgan fingerprint density at radius 1 is 1.37 bits per heavy atom. The van der Waals surface area contributed by atoms with Crippen LogP contribution in [0.4, 0.5) is 10.5 Å². The molecule has 1 aromatic heterocycles. The smallest absolute Gasteiger partial charge is 0.411 e. The van der Waals surface area contributed by atoms with E-state index in [0.29, 0.717) is 6.42 Å². The standard InChI is InChI=1S/C18H22ClN5O6/c1-8-4-9(15(26)22-8)5-11(14(25)17(28)20-2)23-16(27)10-6-13(19)21-7-12(10)24-18(29)30-3/h6-9,11H,4-5H2,1-3H3,(H,20,28)(H,22,26)(H,23,27)(H,24,29)/t8-,9+,11+/m1/s1. The largest absolute Gasteiger partial charge is 0.453 e. The number of ether oxygens (including phenoxy) is 1. The van der Waals surface area contributed by atoms with Crippen molar-refractivity contribution in [3.05, 3.63) is 23.0 Å². The average Bonchev–Trinajstić information content (AvgIpc) is 3.03. The summed E-state index contributed by atoms with van der Waals surface area (Å²) >= 11 is 5.86. The first-order valence-electron chi connectivity index (χ1n) is 9.03. The van der Waals surface area contributed by atoms with Crippen LogP contribution in [0.2, 0.25) is 5.15 Å². The lowest BCUT2D eigenvalue weighted by atomic mass is 9.94. The number of carbonyl (C=O) groups excluding carboxylic acids is 5. The van der Waals surface area contributed by atoms with E-state index in [1.807, 2.05) is 6.92 Å². The second-order valence-corrected chi connectivity index (χ2v) is 7.10. The Hall–Kier alpha value is -3.21. The van der Waals surface area contributed by atoms with Gasteiger partial charge in [-0.15, -0.1) is 0 Å². The highest BCUT2D eigenvalue weighted by Gasteiger charge is 2.36. The first-order valence-corrected chi connectivity index (χ1v) is 9.41. The van der Waals surface area contributed by atoms with Crippen LogP contribution in [0.25, 0.3) is 0 Å². The highest BCUT2D eigenvalue weighted by Crippen LogP contribution is 2.22. The van der Waals surface area contributed by atoms with E-state index in [9.17, 15) is 24.0 Å². The summed E-state index contributed by atoms with van der Waals surface area (Å²) in [5, 5.41) is 9.69. The Morgan fingerprint density at radius 3 is 2.63 bits per heavy atom. The topological polar surface area (TPSA) is 156 Å². The quantitative estimate of drug-likeness (QED) is 0.350. The van der Waals surface area contributed by atoms with Crippen molar-refractivity contribution >= 4 is 46.9 Å². The van der Waals surface area contributed by atoms with Gasteiger partial charge in [-0.25, -0.2) is 9.78 Å². The van der Waals surface area contributed by atoms with Gasteiger partial charge in [-0.2, -0.15) is 0 Å². The molecule has 0 saturated carbocycles. The molecule has 0 radical (unpaired) electrons. The summed E-state index contributed by atoms with van der Waals surface area (Å²) in [6.45, 7) is 1.82. The number of anilines is 1. The second kappa shape index (κ2) is 10.0. The minimum absolute atomic E-state index is 0.0119. The molecular formula is C18H22ClN5O6. The minimum atomic E-state index is -1.27. The summed E-state index contributed by atoms with van der Waals surface area (Å²) in [6.07, 6.45) is 0.702. The lowest BCUT2D eigenvalue weighted by molar-refractivity contribution is -0.139. The van der Waals surface area contributed by atoms with E-state index in [2.05, 4.69) is 31.0 Å². The maximum atomic E-state index is 12.9. The lowest BCUT2D eigenvalue weighted by Gasteiger charge is -2.20. The van der Waals surface area contributed by atoms with Gasteiger partial charge in [0.05, 0.1) is 30.6 Å². The number of nitrogens with zero attached hydrogens (tertiary/aromatic N) is 1. The van der Waals surface area contributed by atoms with Gasteiger partial charge in [-0.3, -0.25) is 24.5 Å². The number of amides is 4. The van der Waals surface area contributed by atoms with Crippen LogP contribution in [0.1, 0.15) is 30.1 Å². The lowest BCUT2D eigenvalue weighted by Crippen LogP contribution is -2.48. The number of methoxy groups -OCH3 is 1. The third-order valence-corrected chi connectivity index (χ3v) is 4.73. The van der Waals surface area contributed by atoms with E-state index in [0.717, 1.165) is 13.3 Å². The molecule has 1 aliphatic rings. The summed E-state index contributed by atoms with van der Waals surface area (Å²) in [5.41, 5.74) is -0.110. The third kappa shape index (κ3) is 5.66. The molecule has 1 fully saturated rings. The maximum Gasteiger partial charge on any atom is 0.411 e. The van der Waals surface area contributed by atoms with Crippen LogP contribution >= 0.6 is 11.6 Å². The number of Topliss-reactive ketones (excluding diaryl/α,β-unsaturated/α-hetero) is 1. The molecule has 0 aromatic carbocycles. The highest BCUT2D eigenvalue weighted by molar-refractivity contribution is 6.38. The van der Waals surface area contributed by atoms with E-state index < -0.39 is 35.7 Å². The predicted molar refractivity (Wildman–Crippen MR) is 106 cm³/mol. The monoisotopic (exact) mass is 439 g/mol. The predicted octanol–water partition coefficient (Wildman–Crippen LogP) is 0.241. The molecule has 30 heavy (non-hydrogen) atoms. The van der Waals surface area contributed by atoms with Crippen molar-refractivity contribution in [1.82, 2.24) is 20.9 Å². The van der Waals surface area contributed by atoms with E-state index in [4.69, 9.17) is 11.6 Å². The molecule has 2 heterocycles. The summed E-state index contributed by atoms with van der Waals surface area (Å²) in [7, 11) is 2.43. The Labute approximate surface area is 177 Å². The van der Waals surface area contributed by atoms with Crippen molar-refractivity contribution in [3.63, 3.8) is 0 Å². The van der Waals surface area contributed by atoms with Crippen LogP contribution in [-0.4, -0.2) is 60.8 Å². The number of carbonyl (C=O) groups is 5. The Kier molecular flexibility index (Phi) is 7.70. The summed E-state index contributed by atoms with van der Waals surface area (Å²) in [6, 6.07) is -0.159. The normalized spacial score (nSPS) is 18.7. The van der Waals surface area contributed by atoms with E-state index in [1.54, 1.807) is 0 Å². The van der Waals surface area contributed by atoms with Crippen LogP contribution in [0.15, 0.2) is 12.3 Å². The molecule has 0 unspecified atom stereocenters. The van der Waals surface area contributed by atoms with Gasteiger partial charge in [-0.1, -0.05) is 11.6 Å². The van der Waals surface area contributed by atoms with Crippen molar-refractivity contribution in [2.24, 2.45) is 5.92 Å². The van der Waals surface area contributed by atoms with Crippen molar-refractivity contribution < 1.29 is 28.7 Å². The van der Waals surface area contributed by atoms with Gasteiger partial charge in [-0.05, 0) is 25.8 Å². The summed E-state index contributed by atoms with van der Waals surface area (Å²) in [4.78, 5) is 64.6. The zero-order valence-electron chi connectivity index (χ0n) is 16.6. The van der Waals surface area contributed by atoms with E-state index in [1.165, 1.54) is 13.1 Å². The molecular weight excluding hydrogens is 418 g/mol. The van der Waals surface area contributed by atoms with Crippen molar-refractivity contribution in [2.75, 3.05) is 19.5 Å². The molecule has 3 atom stereocenters. The Balaban J connectivity index is 2.28. The van der Waals surface area contributed by atoms with Crippen LogP contribution in [-0.2, 0) is 19.1 Å². The molecule has 1 aliphatic heterocycles. The van der Waals surface area contributed by atoms with Crippen LogP contribution < -0.4 is 21.3 Å². The van der Waals surface area contributed by atoms with E-state index in [-0.39, 0.29) is 34.8 Å². The first kappa shape index (κ1) is 23.1. The zero-order valence-corrected chi connectivity index (χ0v) is 17.3. The molecule has 0 spiro atoms. The van der Waals surface area contributed by atoms with Gasteiger partial charge >= 0.3 is 6.09 Å². The summed E-state index contributed by atoms with van der Waals surface area (Å²) < 4.78 is 4.50. The number of halogens is 1. The Bertz CT molecular complexity index is 877. The highest BCUT2D eigenvalue weighted by atomic mass is 35.5. The van der Waals surface area contributed by atoms with Crippen LogP contribution in [0.3, 0.4) is 0 Å². The minimum Gasteiger partial charge on any atom is -0.453 e. The van der Waals surface area contributed by atoms with Crippen LogP contribution in [0.5, 0.6) is 0 Å². The van der Waals surface area contributed by atoms with Crippen LogP contribution in [0, 0.1) is 5.92 Å². The van der Waals surface area contributed by atoms with Gasteiger partial charge in [0.2, 0.25) is 11.7 Å². The molecule has 4 N–H and O–H groups in total.